The lowest BCUT2D eigenvalue weighted by molar-refractivity contribution is -0.142. The van der Waals surface area contributed by atoms with Crippen LogP contribution in [0.3, 0.4) is 0 Å². The van der Waals surface area contributed by atoms with Crippen molar-refractivity contribution in [2.75, 3.05) is 13.1 Å². The zero-order chi connectivity index (χ0) is 37.7. The molecule has 3 aromatic carbocycles. The lowest BCUT2D eigenvalue weighted by Crippen LogP contribution is -2.56. The summed E-state index contributed by atoms with van der Waals surface area (Å²) in [6.45, 7) is 4.82. The molecule has 53 heavy (non-hydrogen) atoms. The Hall–Kier alpha value is -5.42. The van der Waals surface area contributed by atoms with Crippen LogP contribution in [0.1, 0.15) is 65.5 Å². The molecule has 0 radical (unpaired) electrons. The van der Waals surface area contributed by atoms with Gasteiger partial charge in [-0.25, -0.2) is 4.79 Å². The number of phenolic OH excluding ortho intramolecular Hbond substituents is 1. The molecule has 0 saturated carbocycles. The van der Waals surface area contributed by atoms with Gasteiger partial charge in [0.15, 0.2) is 0 Å². The van der Waals surface area contributed by atoms with Crippen molar-refractivity contribution in [3.8, 4) is 5.75 Å². The van der Waals surface area contributed by atoms with Crippen molar-refractivity contribution in [1.82, 2.24) is 20.9 Å². The summed E-state index contributed by atoms with van der Waals surface area (Å²) in [7, 11) is 0. The van der Waals surface area contributed by atoms with E-state index in [1.807, 2.05) is 80.6 Å². The van der Waals surface area contributed by atoms with Crippen molar-refractivity contribution in [3.05, 3.63) is 124 Å². The third-order valence-electron chi connectivity index (χ3n) is 9.89. The monoisotopic (exact) mass is 721 g/mol. The number of hydrogen-bond acceptors (Lipinski definition) is 7. The summed E-state index contributed by atoms with van der Waals surface area (Å²) < 4.78 is 5.39. The van der Waals surface area contributed by atoms with Crippen LogP contribution in [0, 0.1) is 13.8 Å². The fourth-order valence-electron chi connectivity index (χ4n) is 6.90. The number of nitrogens with zero attached hydrogens (tertiary/aromatic N) is 1. The largest absolute Gasteiger partial charge is 0.508 e. The fourth-order valence-corrected chi connectivity index (χ4v) is 6.90. The smallest absolute Gasteiger partial charge is 0.408 e. The highest BCUT2D eigenvalue weighted by Gasteiger charge is 2.36. The highest BCUT2D eigenvalue weighted by Crippen LogP contribution is 2.26. The molecule has 0 saturated heterocycles. The first kappa shape index (κ1) is 38.8. The van der Waals surface area contributed by atoms with Crippen LogP contribution < -0.4 is 21.7 Å². The van der Waals surface area contributed by atoms with Gasteiger partial charge in [0.1, 0.15) is 24.4 Å². The Morgan fingerprint density at radius 2 is 1.68 bits per heavy atom. The van der Waals surface area contributed by atoms with Crippen molar-refractivity contribution in [1.29, 1.82) is 0 Å². The van der Waals surface area contributed by atoms with Gasteiger partial charge < -0.3 is 36.4 Å². The summed E-state index contributed by atoms with van der Waals surface area (Å²) >= 11 is 0. The Morgan fingerprint density at radius 1 is 0.962 bits per heavy atom. The highest BCUT2D eigenvalue weighted by atomic mass is 16.5. The number of aromatic hydroxyl groups is 1. The maximum atomic E-state index is 13.9. The molecule has 5 rings (SSSR count). The molecular formula is C42H51N5O6. The maximum Gasteiger partial charge on any atom is 0.408 e. The van der Waals surface area contributed by atoms with Crippen molar-refractivity contribution in [2.45, 2.75) is 90.1 Å². The average Bonchev–Trinajstić information content (AvgIpc) is 3.16. The van der Waals surface area contributed by atoms with Gasteiger partial charge in [-0.15, -0.1) is 0 Å². The Morgan fingerprint density at radius 3 is 2.40 bits per heavy atom. The molecule has 1 aliphatic carbocycles. The minimum atomic E-state index is -0.877. The van der Waals surface area contributed by atoms with Crippen LogP contribution in [0.15, 0.2) is 90.5 Å². The fraction of sp³-hybridized carbons (Fsp3) is 0.381. The lowest BCUT2D eigenvalue weighted by Gasteiger charge is -2.37. The second kappa shape index (κ2) is 18.9. The zero-order valence-electron chi connectivity index (χ0n) is 30.6. The van der Waals surface area contributed by atoms with E-state index >= 15 is 0 Å². The predicted molar refractivity (Wildman–Crippen MR) is 204 cm³/mol. The first-order valence-electron chi connectivity index (χ1n) is 18.4. The van der Waals surface area contributed by atoms with Crippen LogP contribution in [0.4, 0.5) is 4.79 Å². The van der Waals surface area contributed by atoms with Gasteiger partial charge in [-0.1, -0.05) is 78.4 Å². The molecule has 11 nitrogen and oxygen atoms in total. The van der Waals surface area contributed by atoms with Crippen molar-refractivity contribution < 1.29 is 29.0 Å². The Kier molecular flexibility index (Phi) is 13.8. The number of hydrogen-bond donors (Lipinski definition) is 5. The second-order valence-corrected chi connectivity index (χ2v) is 13.9. The third kappa shape index (κ3) is 11.0. The number of rotatable bonds is 15. The molecule has 11 heteroatoms. The molecule has 2 aliphatic rings. The number of benzene rings is 3. The van der Waals surface area contributed by atoms with Gasteiger partial charge in [0.2, 0.25) is 17.7 Å². The molecular weight excluding hydrogens is 670 g/mol. The zero-order valence-corrected chi connectivity index (χ0v) is 30.6. The lowest BCUT2D eigenvalue weighted by atomic mass is 9.91. The van der Waals surface area contributed by atoms with E-state index in [4.69, 9.17) is 10.5 Å². The number of alkyl carbamates (subject to hydrolysis) is 1. The number of carbonyl (C=O) groups is 4. The van der Waals surface area contributed by atoms with Crippen LogP contribution in [0.5, 0.6) is 5.75 Å². The highest BCUT2D eigenvalue weighted by molar-refractivity contribution is 5.91. The Balaban J connectivity index is 1.17. The van der Waals surface area contributed by atoms with Crippen molar-refractivity contribution >= 4 is 23.8 Å². The number of nitrogens with one attached hydrogen (secondary N) is 3. The van der Waals surface area contributed by atoms with E-state index in [1.165, 1.54) is 0 Å². The standard InChI is InChI=1S/C42H51N5O6/c1-28-21-34(48)22-29(2)35(28)24-36(43)41(51)47-26-33-18-10-9-17-32(33)23-38(47)40(50)44-20-12-11-19-37(39(49)45-25-30-13-5-3-6-14-30)46-42(52)53-27-31-15-7-4-8-16-31/h3-5,7-10,13,15-18,21-22,36-38,48H,6,11-12,14,19-20,23-27,43H2,1-2H3,(H,44,50)(H,45,49)(H,46,52). The third-order valence-corrected chi connectivity index (χ3v) is 9.89. The number of nitrogens with two attached hydrogens (primary N) is 1. The number of allylic oxidation sites excluding steroid dienone is 3. The average molecular weight is 722 g/mol. The number of fused-ring (bicyclic) bond motifs is 1. The summed E-state index contributed by atoms with van der Waals surface area (Å²) in [6, 6.07) is 18.0. The quantitative estimate of drug-likeness (QED) is 0.141. The second-order valence-electron chi connectivity index (χ2n) is 13.9. The number of unbranched alkanes of at least 4 members (excludes halogenated alkanes) is 1. The number of phenols is 1. The molecule has 0 aromatic heterocycles. The van der Waals surface area contributed by atoms with Crippen molar-refractivity contribution in [3.63, 3.8) is 0 Å². The summed E-state index contributed by atoms with van der Waals surface area (Å²) in [5.41, 5.74) is 13.0. The van der Waals surface area contributed by atoms with Gasteiger partial charge in [0.25, 0.3) is 0 Å². The Labute approximate surface area is 311 Å². The molecule has 3 atom stereocenters. The molecule has 1 aliphatic heterocycles. The topological polar surface area (TPSA) is 163 Å². The molecule has 280 valence electrons. The summed E-state index contributed by atoms with van der Waals surface area (Å²) in [5.74, 6) is -0.727. The molecule has 0 bridgehead atoms. The molecule has 1 heterocycles. The van der Waals surface area contributed by atoms with Crippen molar-refractivity contribution in [2.24, 2.45) is 5.73 Å². The van der Waals surface area contributed by atoms with Crippen LogP contribution in [0.2, 0.25) is 0 Å². The van der Waals surface area contributed by atoms with Crippen LogP contribution >= 0.6 is 0 Å². The normalized spacial score (nSPS) is 16.1. The molecule has 4 amide bonds. The predicted octanol–water partition coefficient (Wildman–Crippen LogP) is 4.81. The molecule has 0 fully saturated rings. The van der Waals surface area contributed by atoms with E-state index in [2.05, 4.69) is 22.0 Å². The van der Waals surface area contributed by atoms with Gasteiger partial charge in [-0.3, -0.25) is 14.4 Å². The number of ether oxygens (including phenoxy) is 1. The first-order chi connectivity index (χ1) is 25.6. The molecule has 3 unspecified atom stereocenters. The van der Waals surface area contributed by atoms with Gasteiger partial charge in [0.05, 0.1) is 6.04 Å². The van der Waals surface area contributed by atoms with Gasteiger partial charge in [-0.2, -0.15) is 0 Å². The number of amides is 4. The van der Waals surface area contributed by atoms with Crippen LogP contribution in [-0.2, 0) is 45.1 Å². The molecule has 0 spiro atoms. The summed E-state index contributed by atoms with van der Waals surface area (Å²) in [6.07, 6.45) is 9.22. The van der Waals surface area contributed by atoms with E-state index in [1.54, 1.807) is 17.0 Å². The maximum absolute atomic E-state index is 13.9. The van der Waals surface area contributed by atoms with Gasteiger partial charge >= 0.3 is 6.09 Å². The van der Waals surface area contributed by atoms with E-state index in [9.17, 15) is 24.3 Å². The van der Waals surface area contributed by atoms with E-state index < -0.39 is 24.2 Å². The minimum Gasteiger partial charge on any atom is -0.508 e. The summed E-state index contributed by atoms with van der Waals surface area (Å²) in [5, 5.41) is 18.7. The minimum absolute atomic E-state index is 0.0818. The van der Waals surface area contributed by atoms with E-state index in [0.717, 1.165) is 51.8 Å². The van der Waals surface area contributed by atoms with Gasteiger partial charge in [0, 0.05) is 26.1 Å². The molecule has 3 aromatic rings. The number of carbonyl (C=O) groups excluding carboxylic acids is 4. The first-order valence-corrected chi connectivity index (χ1v) is 18.4. The molecule has 6 N–H and O–H groups in total. The van der Waals surface area contributed by atoms with E-state index in [-0.39, 0.29) is 43.0 Å². The van der Waals surface area contributed by atoms with E-state index in [0.29, 0.717) is 38.8 Å². The number of aryl methyl sites for hydroxylation is 2. The van der Waals surface area contributed by atoms with Crippen LogP contribution in [0.25, 0.3) is 0 Å². The Bertz CT molecular complexity index is 1800. The summed E-state index contributed by atoms with van der Waals surface area (Å²) in [4.78, 5) is 55.1. The SMILES string of the molecule is Cc1cc(O)cc(C)c1CC(N)C(=O)N1Cc2ccccc2CC1C(=O)NCCCCC(NC(=O)OCc1ccccc1)C(=O)NCC1=CC=CCC1. The van der Waals surface area contributed by atoms with Gasteiger partial charge in [-0.05, 0) is 97.9 Å². The van der Waals surface area contributed by atoms with Crippen LogP contribution in [-0.4, -0.2) is 65.0 Å².